The van der Waals surface area contributed by atoms with Crippen molar-refractivity contribution in [2.75, 3.05) is 10.6 Å². The summed E-state index contributed by atoms with van der Waals surface area (Å²) in [7, 11) is 0. The summed E-state index contributed by atoms with van der Waals surface area (Å²) in [6.45, 7) is 8.56. The van der Waals surface area contributed by atoms with Gasteiger partial charge in [-0.1, -0.05) is 32.0 Å². The van der Waals surface area contributed by atoms with Crippen molar-refractivity contribution in [1.29, 1.82) is 0 Å². The maximum Gasteiger partial charge on any atom is 0.225 e. The quantitative estimate of drug-likeness (QED) is 0.850. The lowest BCUT2D eigenvalue weighted by Crippen LogP contribution is -2.08. The normalized spacial score (nSPS) is 14.2. The van der Waals surface area contributed by atoms with Crippen LogP contribution < -0.4 is 10.6 Å². The zero-order valence-electron chi connectivity index (χ0n) is 13.8. The largest absolute Gasteiger partial charge is 0.351 e. The van der Waals surface area contributed by atoms with Crippen LogP contribution in [0, 0.1) is 13.8 Å². The molecule has 0 atom stereocenters. The minimum Gasteiger partial charge on any atom is -0.351 e. The summed E-state index contributed by atoms with van der Waals surface area (Å²) >= 11 is 0. The highest BCUT2D eigenvalue weighted by molar-refractivity contribution is 5.66. The van der Waals surface area contributed by atoms with Crippen molar-refractivity contribution in [3.8, 4) is 0 Å². The summed E-state index contributed by atoms with van der Waals surface area (Å²) in [6.07, 6.45) is 2.44. The third-order valence-electron chi connectivity index (χ3n) is 3.94. The number of benzene rings is 1. The van der Waals surface area contributed by atoms with Crippen molar-refractivity contribution < 1.29 is 0 Å². The van der Waals surface area contributed by atoms with E-state index in [4.69, 9.17) is 0 Å². The molecular weight excluding hydrogens is 272 g/mol. The van der Waals surface area contributed by atoms with Crippen LogP contribution in [0.4, 0.5) is 17.5 Å². The smallest absolute Gasteiger partial charge is 0.225 e. The summed E-state index contributed by atoms with van der Waals surface area (Å²) in [6, 6.07) is 8.97. The zero-order valence-corrected chi connectivity index (χ0v) is 13.8. The van der Waals surface area contributed by atoms with Gasteiger partial charge in [-0.2, -0.15) is 4.98 Å². The first-order valence-electron chi connectivity index (χ1n) is 8.01. The average Bonchev–Trinajstić information content (AvgIpc) is 3.24. The molecule has 2 N–H and O–H groups in total. The molecule has 0 amide bonds. The van der Waals surface area contributed by atoms with Crippen molar-refractivity contribution in [3.05, 3.63) is 41.1 Å². The number of anilines is 3. The second-order valence-corrected chi connectivity index (χ2v) is 6.46. The Morgan fingerprint density at radius 2 is 1.91 bits per heavy atom. The zero-order chi connectivity index (χ0) is 15.7. The highest BCUT2D eigenvalue weighted by atomic mass is 15.2. The molecule has 22 heavy (non-hydrogen) atoms. The topological polar surface area (TPSA) is 49.8 Å². The number of nitrogens with one attached hydrogen (secondary N) is 2. The molecule has 3 rings (SSSR count). The van der Waals surface area contributed by atoms with Crippen molar-refractivity contribution in [3.63, 3.8) is 0 Å². The summed E-state index contributed by atoms with van der Waals surface area (Å²) in [5.74, 6) is 2.05. The minimum atomic E-state index is 0.467. The van der Waals surface area contributed by atoms with E-state index in [-0.39, 0.29) is 0 Å². The molecule has 0 unspecified atom stereocenters. The predicted molar refractivity (Wildman–Crippen MR) is 92.0 cm³/mol. The van der Waals surface area contributed by atoms with Crippen LogP contribution in [0.1, 0.15) is 49.4 Å². The highest BCUT2D eigenvalue weighted by Gasteiger charge is 2.22. The van der Waals surface area contributed by atoms with E-state index in [0.29, 0.717) is 12.0 Å². The molecule has 116 valence electrons. The van der Waals surface area contributed by atoms with Gasteiger partial charge in [0.2, 0.25) is 5.95 Å². The number of aromatic nitrogens is 2. The van der Waals surface area contributed by atoms with Crippen LogP contribution in [0.3, 0.4) is 0 Å². The van der Waals surface area contributed by atoms with Gasteiger partial charge < -0.3 is 10.6 Å². The number of aryl methyl sites for hydroxylation is 2. The van der Waals surface area contributed by atoms with Gasteiger partial charge in [-0.25, -0.2) is 4.98 Å². The Morgan fingerprint density at radius 3 is 2.59 bits per heavy atom. The third-order valence-corrected chi connectivity index (χ3v) is 3.94. The average molecular weight is 296 g/mol. The lowest BCUT2D eigenvalue weighted by Gasteiger charge is -2.17. The van der Waals surface area contributed by atoms with E-state index >= 15 is 0 Å². The van der Waals surface area contributed by atoms with Crippen LogP contribution in [0.5, 0.6) is 0 Å². The second-order valence-electron chi connectivity index (χ2n) is 6.46. The Hall–Kier alpha value is -2.10. The van der Waals surface area contributed by atoms with Crippen LogP contribution >= 0.6 is 0 Å². The molecule has 1 aromatic heterocycles. The lowest BCUT2D eigenvalue weighted by atomic mass is 9.98. The Kier molecular flexibility index (Phi) is 4.01. The van der Waals surface area contributed by atoms with E-state index in [2.05, 4.69) is 59.6 Å². The molecular formula is C18H24N4. The Balaban J connectivity index is 1.91. The molecule has 4 heteroatoms. The second kappa shape index (κ2) is 5.95. The van der Waals surface area contributed by atoms with Gasteiger partial charge in [-0.05, 0) is 43.7 Å². The molecule has 1 heterocycles. The van der Waals surface area contributed by atoms with Crippen molar-refractivity contribution in [1.82, 2.24) is 9.97 Å². The SMILES string of the molecule is Cc1cc(Nc2c(C)cccc2C(C)C)nc(NC2CC2)n1. The lowest BCUT2D eigenvalue weighted by molar-refractivity contribution is 0.867. The van der Waals surface area contributed by atoms with E-state index in [0.717, 1.165) is 23.1 Å². The van der Waals surface area contributed by atoms with Gasteiger partial charge in [0.05, 0.1) is 0 Å². The van der Waals surface area contributed by atoms with E-state index in [9.17, 15) is 0 Å². The van der Waals surface area contributed by atoms with E-state index in [1.807, 2.05) is 13.0 Å². The first kappa shape index (κ1) is 14.8. The van der Waals surface area contributed by atoms with Gasteiger partial charge >= 0.3 is 0 Å². The fraction of sp³-hybridized carbons (Fsp3) is 0.444. The highest BCUT2D eigenvalue weighted by Crippen LogP contribution is 2.30. The fourth-order valence-electron chi connectivity index (χ4n) is 2.58. The number of para-hydroxylation sites is 1. The van der Waals surface area contributed by atoms with Gasteiger partial charge in [0.1, 0.15) is 5.82 Å². The minimum absolute atomic E-state index is 0.467. The molecule has 1 saturated carbocycles. The van der Waals surface area contributed by atoms with E-state index < -0.39 is 0 Å². The van der Waals surface area contributed by atoms with Gasteiger partial charge in [0, 0.05) is 23.5 Å². The number of hydrogen-bond donors (Lipinski definition) is 2. The summed E-state index contributed by atoms with van der Waals surface area (Å²) in [5.41, 5.74) is 4.68. The summed E-state index contributed by atoms with van der Waals surface area (Å²) in [4.78, 5) is 9.09. The Bertz CT molecular complexity index is 675. The van der Waals surface area contributed by atoms with Crippen LogP contribution in [0.15, 0.2) is 24.3 Å². The standard InChI is InChI=1S/C18H24N4/c1-11(2)15-7-5-6-12(3)17(15)21-16-10-13(4)19-18(22-16)20-14-8-9-14/h5-7,10-11,14H,8-9H2,1-4H3,(H2,19,20,21,22). The van der Waals surface area contributed by atoms with Gasteiger partial charge in [-0.15, -0.1) is 0 Å². The van der Waals surface area contributed by atoms with Gasteiger partial charge in [0.15, 0.2) is 0 Å². The first-order valence-corrected chi connectivity index (χ1v) is 8.01. The van der Waals surface area contributed by atoms with Crippen LogP contribution in [-0.2, 0) is 0 Å². The van der Waals surface area contributed by atoms with Crippen molar-refractivity contribution >= 4 is 17.5 Å². The fourth-order valence-corrected chi connectivity index (χ4v) is 2.58. The molecule has 2 aromatic rings. The molecule has 0 saturated heterocycles. The Labute approximate surface area is 132 Å². The first-order chi connectivity index (χ1) is 10.5. The molecule has 0 radical (unpaired) electrons. The van der Waals surface area contributed by atoms with Gasteiger partial charge in [0.25, 0.3) is 0 Å². The van der Waals surface area contributed by atoms with E-state index in [1.54, 1.807) is 0 Å². The molecule has 1 aliphatic carbocycles. The van der Waals surface area contributed by atoms with Crippen molar-refractivity contribution in [2.45, 2.75) is 52.5 Å². The number of nitrogens with zero attached hydrogens (tertiary/aromatic N) is 2. The molecule has 1 aliphatic rings. The molecule has 4 nitrogen and oxygen atoms in total. The summed E-state index contributed by atoms with van der Waals surface area (Å²) in [5, 5.41) is 6.88. The third kappa shape index (κ3) is 3.38. The maximum absolute atomic E-state index is 4.62. The van der Waals surface area contributed by atoms with Gasteiger partial charge in [-0.3, -0.25) is 0 Å². The van der Waals surface area contributed by atoms with E-state index in [1.165, 1.54) is 24.0 Å². The predicted octanol–water partition coefficient (Wildman–Crippen LogP) is 4.53. The molecule has 0 aliphatic heterocycles. The van der Waals surface area contributed by atoms with Crippen molar-refractivity contribution in [2.24, 2.45) is 0 Å². The van der Waals surface area contributed by atoms with Crippen LogP contribution in [0.2, 0.25) is 0 Å². The molecule has 0 bridgehead atoms. The van der Waals surface area contributed by atoms with Crippen LogP contribution in [-0.4, -0.2) is 16.0 Å². The monoisotopic (exact) mass is 296 g/mol. The number of rotatable bonds is 5. The molecule has 1 aromatic carbocycles. The number of hydrogen-bond acceptors (Lipinski definition) is 4. The molecule has 0 spiro atoms. The Morgan fingerprint density at radius 1 is 1.14 bits per heavy atom. The van der Waals surface area contributed by atoms with Crippen LogP contribution in [0.25, 0.3) is 0 Å². The molecule has 1 fully saturated rings. The summed E-state index contributed by atoms with van der Waals surface area (Å²) < 4.78 is 0. The maximum atomic E-state index is 4.62.